The van der Waals surface area contributed by atoms with Crippen LogP contribution in [0.3, 0.4) is 0 Å². The molecule has 2 heterocycles. The Bertz CT molecular complexity index is 1130. The fourth-order valence-corrected chi connectivity index (χ4v) is 5.12. The molecular formula is C28H35NO4. The number of aromatic amines is 1. The van der Waals surface area contributed by atoms with Gasteiger partial charge in [-0.3, -0.25) is 4.79 Å². The van der Waals surface area contributed by atoms with Crippen molar-refractivity contribution in [3.63, 3.8) is 0 Å². The quantitative estimate of drug-likeness (QED) is 0.420. The van der Waals surface area contributed by atoms with E-state index in [1.54, 1.807) is 0 Å². The monoisotopic (exact) mass is 449 g/mol. The average Bonchev–Trinajstić information content (AvgIpc) is 3.22. The lowest BCUT2D eigenvalue weighted by atomic mass is 9.77. The van der Waals surface area contributed by atoms with Gasteiger partial charge >= 0.3 is 5.97 Å². The molecule has 33 heavy (non-hydrogen) atoms. The van der Waals surface area contributed by atoms with Crippen molar-refractivity contribution < 1.29 is 19.0 Å². The van der Waals surface area contributed by atoms with Crippen molar-refractivity contribution in [2.75, 3.05) is 13.2 Å². The fourth-order valence-electron chi connectivity index (χ4n) is 5.12. The molecule has 5 nitrogen and oxygen atoms in total. The van der Waals surface area contributed by atoms with E-state index < -0.39 is 5.60 Å². The predicted molar refractivity (Wildman–Crippen MR) is 131 cm³/mol. The van der Waals surface area contributed by atoms with Crippen LogP contribution in [0.25, 0.3) is 10.9 Å². The SMILES string of the molecule is CCOC(=O)CC1([C@@H](C)CC)OCCc2c1[nH]c1c(C)c(OCc3ccccc3)cc(C)c21. The number of ether oxygens (including phenoxy) is 3. The first kappa shape index (κ1) is 23.4. The second-order valence-electron chi connectivity index (χ2n) is 9.10. The first-order valence-corrected chi connectivity index (χ1v) is 12.0. The number of hydrogen-bond donors (Lipinski definition) is 1. The van der Waals surface area contributed by atoms with Gasteiger partial charge in [-0.25, -0.2) is 0 Å². The molecule has 4 rings (SSSR count). The average molecular weight is 450 g/mol. The Balaban J connectivity index is 1.79. The number of carbonyl (C=O) groups is 1. The van der Waals surface area contributed by atoms with Gasteiger partial charge in [0.2, 0.25) is 0 Å². The third-order valence-corrected chi connectivity index (χ3v) is 7.08. The molecule has 1 N–H and O–H groups in total. The highest BCUT2D eigenvalue weighted by Crippen LogP contribution is 2.47. The van der Waals surface area contributed by atoms with Crippen LogP contribution in [0.15, 0.2) is 36.4 Å². The molecule has 0 saturated heterocycles. The summed E-state index contributed by atoms with van der Waals surface area (Å²) in [5.74, 6) is 0.816. The van der Waals surface area contributed by atoms with Gasteiger partial charge in [0.1, 0.15) is 18.0 Å². The molecule has 2 atom stereocenters. The number of carbonyl (C=O) groups excluding carboxylic acids is 1. The minimum Gasteiger partial charge on any atom is -0.489 e. The predicted octanol–water partition coefficient (Wildman–Crippen LogP) is 6.13. The van der Waals surface area contributed by atoms with Crippen molar-refractivity contribution in [2.45, 2.75) is 66.1 Å². The second kappa shape index (κ2) is 9.60. The molecular weight excluding hydrogens is 414 g/mol. The van der Waals surface area contributed by atoms with E-state index in [0.29, 0.717) is 19.8 Å². The standard InChI is InChI=1S/C28H35NO4/c1-6-19(4)28(16-24(30)31-7-2)27-22(13-14-33-28)25-18(3)15-23(20(5)26(25)29-27)32-17-21-11-9-8-10-12-21/h8-12,15,19,29H,6-7,13-14,16-17H2,1-5H3/t19-,28?/m0/s1. The van der Waals surface area contributed by atoms with Gasteiger partial charge in [-0.2, -0.15) is 0 Å². The molecule has 2 aromatic carbocycles. The Labute approximate surface area is 196 Å². The Morgan fingerprint density at radius 2 is 1.97 bits per heavy atom. The van der Waals surface area contributed by atoms with Crippen LogP contribution in [0.4, 0.5) is 0 Å². The molecule has 0 fully saturated rings. The maximum absolute atomic E-state index is 12.6. The van der Waals surface area contributed by atoms with Crippen LogP contribution in [0.2, 0.25) is 0 Å². The smallest absolute Gasteiger partial charge is 0.309 e. The van der Waals surface area contributed by atoms with Gasteiger partial charge in [0, 0.05) is 10.9 Å². The summed E-state index contributed by atoms with van der Waals surface area (Å²) >= 11 is 0. The lowest BCUT2D eigenvalue weighted by Crippen LogP contribution is -2.43. The lowest BCUT2D eigenvalue weighted by molar-refractivity contribution is -0.160. The van der Waals surface area contributed by atoms with E-state index in [4.69, 9.17) is 14.2 Å². The highest BCUT2D eigenvalue weighted by molar-refractivity contribution is 5.92. The van der Waals surface area contributed by atoms with E-state index in [9.17, 15) is 4.79 Å². The van der Waals surface area contributed by atoms with Crippen molar-refractivity contribution in [1.29, 1.82) is 0 Å². The number of nitrogens with one attached hydrogen (secondary N) is 1. The van der Waals surface area contributed by atoms with Gasteiger partial charge in [0.25, 0.3) is 0 Å². The van der Waals surface area contributed by atoms with Crippen LogP contribution in [0.1, 0.15) is 61.6 Å². The van der Waals surface area contributed by atoms with E-state index in [2.05, 4.69) is 50.9 Å². The maximum atomic E-state index is 12.6. The molecule has 1 aliphatic heterocycles. The van der Waals surface area contributed by atoms with Crippen molar-refractivity contribution in [1.82, 2.24) is 4.98 Å². The zero-order valence-corrected chi connectivity index (χ0v) is 20.4. The molecule has 3 aromatic rings. The first-order chi connectivity index (χ1) is 15.9. The van der Waals surface area contributed by atoms with E-state index in [-0.39, 0.29) is 18.3 Å². The number of hydrogen-bond acceptors (Lipinski definition) is 4. The summed E-state index contributed by atoms with van der Waals surface area (Å²) in [7, 11) is 0. The summed E-state index contributed by atoms with van der Waals surface area (Å²) in [6.07, 6.45) is 1.93. The number of benzene rings is 2. The Morgan fingerprint density at radius 3 is 2.67 bits per heavy atom. The number of fused-ring (bicyclic) bond motifs is 3. The number of aryl methyl sites for hydroxylation is 2. The van der Waals surface area contributed by atoms with Crippen LogP contribution < -0.4 is 4.74 Å². The molecule has 1 aromatic heterocycles. The number of esters is 1. The second-order valence-corrected chi connectivity index (χ2v) is 9.10. The van der Waals surface area contributed by atoms with E-state index in [1.165, 1.54) is 16.5 Å². The van der Waals surface area contributed by atoms with Crippen LogP contribution >= 0.6 is 0 Å². The van der Waals surface area contributed by atoms with Crippen LogP contribution in [0.5, 0.6) is 5.75 Å². The van der Waals surface area contributed by atoms with E-state index >= 15 is 0 Å². The molecule has 0 aliphatic carbocycles. The number of rotatable bonds is 8. The molecule has 176 valence electrons. The summed E-state index contributed by atoms with van der Waals surface area (Å²) < 4.78 is 18.0. The molecule has 1 aliphatic rings. The summed E-state index contributed by atoms with van der Waals surface area (Å²) in [6, 6.07) is 12.3. The topological polar surface area (TPSA) is 60.5 Å². The van der Waals surface area contributed by atoms with Crippen LogP contribution in [-0.2, 0) is 32.9 Å². The van der Waals surface area contributed by atoms with Crippen LogP contribution in [-0.4, -0.2) is 24.2 Å². The minimum absolute atomic E-state index is 0.156. The number of aromatic nitrogens is 1. The Hall–Kier alpha value is -2.79. The van der Waals surface area contributed by atoms with E-state index in [1.807, 2.05) is 25.1 Å². The van der Waals surface area contributed by atoms with Gasteiger partial charge < -0.3 is 19.2 Å². The minimum atomic E-state index is -0.711. The van der Waals surface area contributed by atoms with Gasteiger partial charge in [0.15, 0.2) is 0 Å². The van der Waals surface area contributed by atoms with Crippen molar-refractivity contribution in [2.24, 2.45) is 5.92 Å². The normalized spacial score (nSPS) is 18.7. The third-order valence-electron chi connectivity index (χ3n) is 7.08. The van der Waals surface area contributed by atoms with Gasteiger partial charge in [-0.15, -0.1) is 0 Å². The zero-order chi connectivity index (χ0) is 23.6. The molecule has 0 spiro atoms. The molecule has 5 heteroatoms. The van der Waals surface area contributed by atoms with E-state index in [0.717, 1.165) is 40.9 Å². The summed E-state index contributed by atoms with van der Waals surface area (Å²) in [5.41, 5.74) is 6.04. The third kappa shape index (κ3) is 4.26. The molecule has 1 unspecified atom stereocenters. The molecule has 0 radical (unpaired) electrons. The highest BCUT2D eigenvalue weighted by Gasteiger charge is 2.46. The zero-order valence-electron chi connectivity index (χ0n) is 20.4. The maximum Gasteiger partial charge on any atom is 0.309 e. The molecule has 0 bridgehead atoms. The van der Waals surface area contributed by atoms with Gasteiger partial charge in [-0.05, 0) is 55.9 Å². The van der Waals surface area contributed by atoms with Gasteiger partial charge in [0.05, 0.1) is 30.8 Å². The number of H-pyrrole nitrogens is 1. The Kier molecular flexibility index (Phi) is 6.80. The fraction of sp³-hybridized carbons (Fsp3) is 0.464. The summed E-state index contributed by atoms with van der Waals surface area (Å²) in [6.45, 7) is 11.9. The van der Waals surface area contributed by atoms with Crippen molar-refractivity contribution in [3.05, 3.63) is 64.3 Å². The van der Waals surface area contributed by atoms with Crippen LogP contribution in [0, 0.1) is 19.8 Å². The van der Waals surface area contributed by atoms with Gasteiger partial charge in [-0.1, -0.05) is 50.6 Å². The largest absolute Gasteiger partial charge is 0.489 e. The lowest BCUT2D eigenvalue weighted by Gasteiger charge is -2.41. The first-order valence-electron chi connectivity index (χ1n) is 12.0. The van der Waals surface area contributed by atoms with Crippen molar-refractivity contribution in [3.8, 4) is 5.75 Å². The summed E-state index contributed by atoms with van der Waals surface area (Å²) in [4.78, 5) is 16.3. The summed E-state index contributed by atoms with van der Waals surface area (Å²) in [5, 5.41) is 1.23. The molecule has 0 amide bonds. The van der Waals surface area contributed by atoms with Crippen molar-refractivity contribution >= 4 is 16.9 Å². The molecule has 0 saturated carbocycles. The highest BCUT2D eigenvalue weighted by atomic mass is 16.5. The Morgan fingerprint density at radius 1 is 1.21 bits per heavy atom.